The van der Waals surface area contributed by atoms with Crippen LogP contribution in [0.1, 0.15) is 36.8 Å². The van der Waals surface area contributed by atoms with E-state index in [0.29, 0.717) is 0 Å². The Hall–Kier alpha value is -1.40. The summed E-state index contributed by atoms with van der Waals surface area (Å²) >= 11 is 0. The van der Waals surface area contributed by atoms with Crippen LogP contribution in [0.25, 0.3) is 0 Å². The Kier molecular flexibility index (Phi) is 5.24. The van der Waals surface area contributed by atoms with Gasteiger partial charge in [-0.2, -0.15) is 4.31 Å². The van der Waals surface area contributed by atoms with Gasteiger partial charge in [-0.15, -0.1) is 0 Å². The van der Waals surface area contributed by atoms with Crippen molar-refractivity contribution in [3.63, 3.8) is 0 Å². The zero-order valence-corrected chi connectivity index (χ0v) is 14.2. The minimum absolute atomic E-state index is 0.0423. The number of sulfonamides is 1. The van der Waals surface area contributed by atoms with Crippen molar-refractivity contribution in [2.24, 2.45) is 0 Å². The molecule has 1 amide bonds. The van der Waals surface area contributed by atoms with Crippen molar-refractivity contribution in [2.45, 2.75) is 45.6 Å². The van der Waals surface area contributed by atoms with Gasteiger partial charge in [-0.25, -0.2) is 8.42 Å². The number of anilines is 1. The van der Waals surface area contributed by atoms with Gasteiger partial charge in [-0.05, 0) is 43.9 Å². The molecule has 5 nitrogen and oxygen atoms in total. The van der Waals surface area contributed by atoms with Gasteiger partial charge in [0.05, 0.1) is 12.8 Å². The van der Waals surface area contributed by atoms with Crippen molar-refractivity contribution in [3.8, 4) is 0 Å². The molecule has 0 bridgehead atoms. The lowest BCUT2D eigenvalue weighted by Gasteiger charge is -2.25. The van der Waals surface area contributed by atoms with Crippen LogP contribution in [0.3, 0.4) is 0 Å². The van der Waals surface area contributed by atoms with Gasteiger partial charge in [0.25, 0.3) is 0 Å². The molecular weight excluding hydrogens is 300 g/mol. The highest BCUT2D eigenvalue weighted by atomic mass is 32.2. The van der Waals surface area contributed by atoms with Gasteiger partial charge in [0.1, 0.15) is 0 Å². The standard InChI is InChI=1S/C16H24N2O3S/c1-12-8-9-13(2)15(10-12)17-16(19)11-18(22(3,20)21)14-6-4-5-7-14/h8-10,14H,4-7,11H2,1-3H3,(H,17,19). The van der Waals surface area contributed by atoms with Gasteiger partial charge in [0, 0.05) is 11.7 Å². The molecule has 22 heavy (non-hydrogen) atoms. The van der Waals surface area contributed by atoms with Crippen LogP contribution < -0.4 is 5.32 Å². The molecule has 2 rings (SSSR count). The summed E-state index contributed by atoms with van der Waals surface area (Å²) in [5.41, 5.74) is 2.76. The van der Waals surface area contributed by atoms with Crippen LogP contribution in [0, 0.1) is 13.8 Å². The van der Waals surface area contributed by atoms with Gasteiger partial charge in [-0.3, -0.25) is 4.79 Å². The van der Waals surface area contributed by atoms with E-state index in [9.17, 15) is 13.2 Å². The topological polar surface area (TPSA) is 66.5 Å². The normalized spacial score (nSPS) is 16.2. The van der Waals surface area contributed by atoms with Gasteiger partial charge in [0.15, 0.2) is 0 Å². The second kappa shape index (κ2) is 6.79. The number of benzene rings is 1. The summed E-state index contributed by atoms with van der Waals surface area (Å²) in [4.78, 5) is 12.3. The number of nitrogens with one attached hydrogen (secondary N) is 1. The SMILES string of the molecule is Cc1ccc(C)c(NC(=O)CN(C2CCCC2)S(C)(=O)=O)c1. The molecular formula is C16H24N2O3S. The second-order valence-corrected chi connectivity index (χ2v) is 8.05. The lowest BCUT2D eigenvalue weighted by molar-refractivity contribution is -0.116. The summed E-state index contributed by atoms with van der Waals surface area (Å²) in [5, 5.41) is 2.83. The maximum absolute atomic E-state index is 12.3. The monoisotopic (exact) mass is 324 g/mol. The van der Waals surface area contributed by atoms with Crippen LogP contribution in [0.5, 0.6) is 0 Å². The van der Waals surface area contributed by atoms with Crippen molar-refractivity contribution in [1.29, 1.82) is 0 Å². The average Bonchev–Trinajstić information content (AvgIpc) is 2.92. The number of nitrogens with zero attached hydrogens (tertiary/aromatic N) is 1. The van der Waals surface area contributed by atoms with E-state index in [1.165, 1.54) is 10.6 Å². The Labute approximate surface area is 132 Å². The van der Waals surface area contributed by atoms with Gasteiger partial charge in [-0.1, -0.05) is 25.0 Å². The molecule has 1 saturated carbocycles. The first kappa shape index (κ1) is 17.0. The molecule has 0 unspecified atom stereocenters. The highest BCUT2D eigenvalue weighted by Gasteiger charge is 2.30. The van der Waals surface area contributed by atoms with E-state index in [4.69, 9.17) is 0 Å². The third kappa shape index (κ3) is 4.30. The third-order valence-electron chi connectivity index (χ3n) is 4.12. The molecule has 0 aliphatic heterocycles. The quantitative estimate of drug-likeness (QED) is 0.904. The Morgan fingerprint density at radius 1 is 1.27 bits per heavy atom. The number of carbonyl (C=O) groups excluding carboxylic acids is 1. The number of amides is 1. The number of hydrogen-bond donors (Lipinski definition) is 1. The molecule has 1 aliphatic rings. The predicted octanol–water partition coefficient (Wildman–Crippen LogP) is 2.45. The molecule has 1 N–H and O–H groups in total. The first-order valence-corrected chi connectivity index (χ1v) is 9.46. The lowest BCUT2D eigenvalue weighted by atomic mass is 10.1. The minimum atomic E-state index is -3.38. The first-order chi connectivity index (χ1) is 10.3. The van der Waals surface area contributed by atoms with E-state index < -0.39 is 10.0 Å². The molecule has 0 heterocycles. The summed E-state index contributed by atoms with van der Waals surface area (Å²) in [7, 11) is -3.38. The Morgan fingerprint density at radius 3 is 2.50 bits per heavy atom. The van der Waals surface area contributed by atoms with Gasteiger partial charge < -0.3 is 5.32 Å². The molecule has 1 aromatic carbocycles. The fraction of sp³-hybridized carbons (Fsp3) is 0.562. The molecule has 0 spiro atoms. The summed E-state index contributed by atoms with van der Waals surface area (Å²) < 4.78 is 25.3. The number of rotatable bonds is 5. The second-order valence-electron chi connectivity index (χ2n) is 6.11. The average molecular weight is 324 g/mol. The van der Waals surface area contributed by atoms with Gasteiger partial charge >= 0.3 is 0 Å². The highest BCUT2D eigenvalue weighted by Crippen LogP contribution is 2.25. The Balaban J connectivity index is 2.09. The molecule has 1 fully saturated rings. The van der Waals surface area contributed by atoms with Crippen molar-refractivity contribution in [2.75, 3.05) is 18.1 Å². The van der Waals surface area contributed by atoms with Gasteiger partial charge in [0.2, 0.25) is 15.9 Å². The van der Waals surface area contributed by atoms with E-state index in [2.05, 4.69) is 5.32 Å². The minimum Gasteiger partial charge on any atom is -0.325 e. The maximum atomic E-state index is 12.3. The summed E-state index contributed by atoms with van der Waals surface area (Å²) in [5.74, 6) is -0.286. The van der Waals surface area contributed by atoms with Crippen LogP contribution in [0.15, 0.2) is 18.2 Å². The smallest absolute Gasteiger partial charge is 0.239 e. The molecule has 0 saturated heterocycles. The fourth-order valence-corrected chi connectivity index (χ4v) is 4.02. The van der Waals surface area contributed by atoms with Crippen LogP contribution in [0.4, 0.5) is 5.69 Å². The third-order valence-corrected chi connectivity index (χ3v) is 5.40. The molecule has 0 aromatic heterocycles. The largest absolute Gasteiger partial charge is 0.325 e. The van der Waals surface area contributed by atoms with Crippen molar-refractivity contribution >= 4 is 21.6 Å². The zero-order valence-electron chi connectivity index (χ0n) is 13.4. The van der Waals surface area contributed by atoms with Crippen molar-refractivity contribution in [1.82, 2.24) is 4.31 Å². The van der Waals surface area contributed by atoms with E-state index in [-0.39, 0.29) is 18.5 Å². The zero-order chi connectivity index (χ0) is 16.3. The molecule has 6 heteroatoms. The summed E-state index contributed by atoms with van der Waals surface area (Å²) in [6.07, 6.45) is 4.90. The molecule has 0 radical (unpaired) electrons. The van der Waals surface area contributed by atoms with Crippen molar-refractivity contribution in [3.05, 3.63) is 29.3 Å². The van der Waals surface area contributed by atoms with Crippen LogP contribution in [0.2, 0.25) is 0 Å². The van der Waals surface area contributed by atoms with E-state index in [1.54, 1.807) is 0 Å². The fourth-order valence-electron chi connectivity index (χ4n) is 2.91. The summed E-state index contributed by atoms with van der Waals surface area (Å²) in [6, 6.07) is 5.77. The van der Waals surface area contributed by atoms with Crippen LogP contribution in [-0.2, 0) is 14.8 Å². The Bertz CT molecular complexity index is 649. The van der Waals surface area contributed by atoms with E-state index in [1.807, 2.05) is 32.0 Å². The summed E-state index contributed by atoms with van der Waals surface area (Å²) in [6.45, 7) is 3.76. The van der Waals surface area contributed by atoms with E-state index in [0.717, 1.165) is 42.5 Å². The van der Waals surface area contributed by atoms with Crippen LogP contribution in [-0.4, -0.2) is 37.5 Å². The van der Waals surface area contributed by atoms with Crippen LogP contribution >= 0.6 is 0 Å². The molecule has 1 aromatic rings. The Morgan fingerprint density at radius 2 is 1.91 bits per heavy atom. The maximum Gasteiger partial charge on any atom is 0.239 e. The predicted molar refractivity (Wildman–Crippen MR) is 88.4 cm³/mol. The number of carbonyl (C=O) groups is 1. The molecule has 122 valence electrons. The molecule has 1 aliphatic carbocycles. The van der Waals surface area contributed by atoms with Crippen molar-refractivity contribution < 1.29 is 13.2 Å². The molecule has 0 atom stereocenters. The number of hydrogen-bond acceptors (Lipinski definition) is 3. The highest BCUT2D eigenvalue weighted by molar-refractivity contribution is 7.88. The van der Waals surface area contributed by atoms with E-state index >= 15 is 0 Å². The number of aryl methyl sites for hydroxylation is 2. The first-order valence-electron chi connectivity index (χ1n) is 7.61. The lowest BCUT2D eigenvalue weighted by Crippen LogP contribution is -2.43.